The average molecular weight is 409 g/mol. The number of amides is 1. The first-order chi connectivity index (χ1) is 14.6. The van der Waals surface area contributed by atoms with Crippen molar-refractivity contribution in [1.82, 2.24) is 25.0 Å². The van der Waals surface area contributed by atoms with Gasteiger partial charge in [-0.1, -0.05) is 5.16 Å². The first-order valence-electron chi connectivity index (χ1n) is 9.78. The van der Waals surface area contributed by atoms with Gasteiger partial charge in [-0.25, -0.2) is 0 Å². The van der Waals surface area contributed by atoms with Gasteiger partial charge in [0, 0.05) is 37.3 Å². The number of rotatable bonds is 6. The quantitative estimate of drug-likeness (QED) is 0.611. The molecule has 3 heterocycles. The number of methoxy groups -OCH3 is 1. The standard InChI is InChI=1S/C21H23N5O4/c1-14-24-18(30-25-14)7-8-19(27)26-11-12-29-17(13-26)21-20(22-9-10-23-21)15-3-5-16(28-2)6-4-15/h3-6,9-10,17H,7-8,11-13H2,1-2H3/t17-/m0/s1. The van der Waals surface area contributed by atoms with E-state index in [0.29, 0.717) is 49.9 Å². The molecular weight excluding hydrogens is 386 g/mol. The molecule has 0 N–H and O–H groups in total. The van der Waals surface area contributed by atoms with Crippen molar-refractivity contribution in [3.8, 4) is 17.0 Å². The molecule has 0 spiro atoms. The van der Waals surface area contributed by atoms with Gasteiger partial charge in [0.2, 0.25) is 11.8 Å². The van der Waals surface area contributed by atoms with E-state index in [1.807, 2.05) is 24.3 Å². The van der Waals surface area contributed by atoms with Crippen molar-refractivity contribution in [3.63, 3.8) is 0 Å². The Morgan fingerprint density at radius 1 is 1.23 bits per heavy atom. The first kappa shape index (κ1) is 20.0. The Balaban J connectivity index is 1.47. The molecule has 0 bridgehead atoms. The van der Waals surface area contributed by atoms with Gasteiger partial charge < -0.3 is 18.9 Å². The number of morpholine rings is 1. The highest BCUT2D eigenvalue weighted by Crippen LogP contribution is 2.30. The van der Waals surface area contributed by atoms with Crippen molar-refractivity contribution >= 4 is 5.91 Å². The Bertz CT molecular complexity index is 1000. The van der Waals surface area contributed by atoms with Gasteiger partial charge in [0.15, 0.2) is 5.82 Å². The molecule has 9 heteroatoms. The summed E-state index contributed by atoms with van der Waals surface area (Å²) >= 11 is 0. The number of carbonyl (C=O) groups excluding carboxylic acids is 1. The molecule has 4 rings (SSSR count). The summed E-state index contributed by atoms with van der Waals surface area (Å²) in [5.74, 6) is 1.83. The van der Waals surface area contributed by atoms with E-state index in [1.165, 1.54) is 0 Å². The van der Waals surface area contributed by atoms with Gasteiger partial charge in [0.05, 0.1) is 31.6 Å². The topological polar surface area (TPSA) is 103 Å². The van der Waals surface area contributed by atoms with Crippen LogP contribution in [-0.2, 0) is 16.0 Å². The van der Waals surface area contributed by atoms with Crippen LogP contribution in [0.15, 0.2) is 41.2 Å². The van der Waals surface area contributed by atoms with E-state index in [4.69, 9.17) is 14.0 Å². The number of aryl methyl sites for hydroxylation is 2. The van der Waals surface area contributed by atoms with Crippen molar-refractivity contribution in [2.75, 3.05) is 26.8 Å². The van der Waals surface area contributed by atoms with Crippen LogP contribution in [0.1, 0.15) is 29.9 Å². The smallest absolute Gasteiger partial charge is 0.227 e. The Morgan fingerprint density at radius 2 is 2.03 bits per heavy atom. The number of aromatic nitrogens is 4. The fourth-order valence-corrected chi connectivity index (χ4v) is 3.41. The minimum Gasteiger partial charge on any atom is -0.497 e. The van der Waals surface area contributed by atoms with E-state index < -0.39 is 0 Å². The third-order valence-electron chi connectivity index (χ3n) is 4.94. The molecule has 1 fully saturated rings. The van der Waals surface area contributed by atoms with Gasteiger partial charge in [-0.15, -0.1) is 0 Å². The van der Waals surface area contributed by atoms with Gasteiger partial charge in [0.25, 0.3) is 0 Å². The van der Waals surface area contributed by atoms with E-state index in [1.54, 1.807) is 31.3 Å². The second-order valence-electron chi connectivity index (χ2n) is 6.95. The Kier molecular flexibility index (Phi) is 5.99. The van der Waals surface area contributed by atoms with Crippen LogP contribution in [0.5, 0.6) is 5.75 Å². The van der Waals surface area contributed by atoms with Crippen LogP contribution >= 0.6 is 0 Å². The van der Waals surface area contributed by atoms with E-state index in [0.717, 1.165) is 17.0 Å². The molecular formula is C21H23N5O4. The lowest BCUT2D eigenvalue weighted by molar-refractivity contribution is -0.139. The number of hydrogen-bond donors (Lipinski definition) is 0. The van der Waals surface area contributed by atoms with Crippen LogP contribution in [0.3, 0.4) is 0 Å². The molecule has 9 nitrogen and oxygen atoms in total. The van der Waals surface area contributed by atoms with Crippen molar-refractivity contribution in [1.29, 1.82) is 0 Å². The van der Waals surface area contributed by atoms with Crippen molar-refractivity contribution in [2.45, 2.75) is 25.9 Å². The highest BCUT2D eigenvalue weighted by Gasteiger charge is 2.28. The molecule has 0 aliphatic carbocycles. The molecule has 0 unspecified atom stereocenters. The number of ether oxygens (including phenoxy) is 2. The first-order valence-corrected chi connectivity index (χ1v) is 9.78. The molecule has 30 heavy (non-hydrogen) atoms. The van der Waals surface area contributed by atoms with Gasteiger partial charge in [-0.05, 0) is 31.2 Å². The summed E-state index contributed by atoms with van der Waals surface area (Å²) in [5.41, 5.74) is 2.37. The maximum absolute atomic E-state index is 12.7. The third kappa shape index (κ3) is 4.46. The Hall–Kier alpha value is -3.33. The van der Waals surface area contributed by atoms with Crippen LogP contribution in [0.25, 0.3) is 11.3 Å². The normalized spacial score (nSPS) is 16.5. The molecule has 1 amide bonds. The van der Waals surface area contributed by atoms with Crippen LogP contribution in [0.4, 0.5) is 0 Å². The molecule has 1 aromatic carbocycles. The summed E-state index contributed by atoms with van der Waals surface area (Å²) in [7, 11) is 1.63. The lowest BCUT2D eigenvalue weighted by atomic mass is 10.0. The van der Waals surface area contributed by atoms with Crippen LogP contribution in [0, 0.1) is 6.92 Å². The van der Waals surface area contributed by atoms with Crippen molar-refractivity contribution in [2.24, 2.45) is 0 Å². The lowest BCUT2D eigenvalue weighted by Crippen LogP contribution is -2.42. The highest BCUT2D eigenvalue weighted by molar-refractivity contribution is 5.76. The van der Waals surface area contributed by atoms with Gasteiger partial charge in [-0.3, -0.25) is 14.8 Å². The van der Waals surface area contributed by atoms with Crippen LogP contribution in [-0.4, -0.2) is 57.7 Å². The van der Waals surface area contributed by atoms with Crippen LogP contribution < -0.4 is 4.74 Å². The minimum atomic E-state index is -0.348. The molecule has 1 aliphatic rings. The fraction of sp³-hybridized carbons (Fsp3) is 0.381. The van der Waals surface area contributed by atoms with Crippen LogP contribution in [0.2, 0.25) is 0 Å². The van der Waals surface area contributed by atoms with E-state index in [-0.39, 0.29) is 12.0 Å². The zero-order valence-electron chi connectivity index (χ0n) is 16.9. The molecule has 2 aromatic heterocycles. The zero-order valence-corrected chi connectivity index (χ0v) is 16.9. The van der Waals surface area contributed by atoms with Gasteiger partial charge >= 0.3 is 0 Å². The predicted octanol–water partition coefficient (Wildman–Crippen LogP) is 2.38. The second-order valence-corrected chi connectivity index (χ2v) is 6.95. The lowest BCUT2D eigenvalue weighted by Gasteiger charge is -2.33. The monoisotopic (exact) mass is 409 g/mol. The van der Waals surface area contributed by atoms with Crippen molar-refractivity contribution in [3.05, 3.63) is 54.1 Å². The Labute approximate surface area is 174 Å². The summed E-state index contributed by atoms with van der Waals surface area (Å²) in [6.45, 7) is 3.15. The Morgan fingerprint density at radius 3 is 2.77 bits per heavy atom. The fourth-order valence-electron chi connectivity index (χ4n) is 3.41. The largest absolute Gasteiger partial charge is 0.497 e. The highest BCUT2D eigenvalue weighted by atomic mass is 16.5. The molecule has 1 aliphatic heterocycles. The van der Waals surface area contributed by atoms with Gasteiger partial charge in [0.1, 0.15) is 11.9 Å². The number of benzene rings is 1. The maximum atomic E-state index is 12.7. The number of hydrogen-bond acceptors (Lipinski definition) is 8. The summed E-state index contributed by atoms with van der Waals surface area (Å²) in [5, 5.41) is 3.75. The van der Waals surface area contributed by atoms with E-state index >= 15 is 0 Å². The molecule has 0 radical (unpaired) electrons. The summed E-state index contributed by atoms with van der Waals surface area (Å²) in [6, 6.07) is 7.63. The summed E-state index contributed by atoms with van der Waals surface area (Å²) < 4.78 is 16.3. The summed E-state index contributed by atoms with van der Waals surface area (Å²) in [4.78, 5) is 27.7. The average Bonchev–Trinajstić information content (AvgIpc) is 3.22. The second kappa shape index (κ2) is 9.00. The maximum Gasteiger partial charge on any atom is 0.227 e. The summed E-state index contributed by atoms with van der Waals surface area (Å²) in [6.07, 6.45) is 3.68. The SMILES string of the molecule is COc1ccc(-c2nccnc2[C@@H]2CN(C(=O)CCc3nc(C)no3)CCO2)cc1. The predicted molar refractivity (Wildman–Crippen MR) is 107 cm³/mol. The van der Waals surface area contributed by atoms with Gasteiger partial charge in [-0.2, -0.15) is 4.98 Å². The molecule has 0 saturated carbocycles. The zero-order chi connectivity index (χ0) is 20.9. The molecule has 1 atom stereocenters. The number of nitrogens with zero attached hydrogens (tertiary/aromatic N) is 5. The third-order valence-corrected chi connectivity index (χ3v) is 4.94. The van der Waals surface area contributed by atoms with E-state index in [9.17, 15) is 4.79 Å². The molecule has 156 valence electrons. The molecule has 1 saturated heterocycles. The number of carbonyl (C=O) groups is 1. The minimum absolute atomic E-state index is 0.0223. The van der Waals surface area contributed by atoms with Crippen molar-refractivity contribution < 1.29 is 18.8 Å². The molecule has 3 aromatic rings. The van der Waals surface area contributed by atoms with E-state index in [2.05, 4.69) is 20.1 Å².